The van der Waals surface area contributed by atoms with Crippen molar-refractivity contribution in [3.05, 3.63) is 28.8 Å². The number of amides is 1. The molecule has 0 saturated carbocycles. The molecule has 0 aliphatic carbocycles. The molecule has 7 nitrogen and oxygen atoms in total. The van der Waals surface area contributed by atoms with E-state index in [9.17, 15) is 18.0 Å². The summed E-state index contributed by atoms with van der Waals surface area (Å²) in [5, 5.41) is 8.82. The number of nitrogens with zero attached hydrogens (tertiary/aromatic N) is 1. The average Bonchev–Trinajstić information content (AvgIpc) is 2.54. The number of sulfonamides is 1. The number of aromatic carboxylic acids is 1. The maximum Gasteiger partial charge on any atom is 0.337 e. The molecule has 1 aliphatic heterocycles. The van der Waals surface area contributed by atoms with Gasteiger partial charge in [0.15, 0.2) is 0 Å². The second kappa shape index (κ2) is 7.72. The van der Waals surface area contributed by atoms with Crippen molar-refractivity contribution in [2.75, 3.05) is 13.1 Å². The predicted molar refractivity (Wildman–Crippen MR) is 93.2 cm³/mol. The van der Waals surface area contributed by atoms with E-state index in [0.717, 1.165) is 6.07 Å². The first-order chi connectivity index (χ1) is 11.6. The lowest BCUT2D eigenvalue weighted by atomic mass is 10.0. The van der Waals surface area contributed by atoms with Crippen molar-refractivity contribution in [2.24, 2.45) is 5.92 Å². The van der Waals surface area contributed by atoms with Gasteiger partial charge in [-0.15, -0.1) is 0 Å². The van der Waals surface area contributed by atoms with Crippen LogP contribution in [0.5, 0.6) is 0 Å². The highest BCUT2D eigenvalue weighted by Gasteiger charge is 2.28. The number of carbonyl (C=O) groups excluding carboxylic acids is 1. The third-order valence-corrected chi connectivity index (χ3v) is 5.93. The normalized spacial score (nSPS) is 16.2. The van der Waals surface area contributed by atoms with Gasteiger partial charge in [-0.1, -0.05) is 25.4 Å². The Hall–Kier alpha value is -1.64. The van der Waals surface area contributed by atoms with Crippen LogP contribution in [0.3, 0.4) is 0 Å². The van der Waals surface area contributed by atoms with Crippen molar-refractivity contribution >= 4 is 33.5 Å². The summed E-state index contributed by atoms with van der Waals surface area (Å²) < 4.78 is 27.5. The Labute approximate surface area is 152 Å². The lowest BCUT2D eigenvalue weighted by Crippen LogP contribution is -2.47. The Kier molecular flexibility index (Phi) is 6.08. The number of carbonyl (C=O) groups is 2. The number of carboxylic acids is 1. The number of likely N-dealkylation sites (tertiary alicyclic amines) is 1. The van der Waals surface area contributed by atoms with Gasteiger partial charge in [0.05, 0.1) is 15.5 Å². The summed E-state index contributed by atoms with van der Waals surface area (Å²) in [6.07, 6.45) is 1.05. The van der Waals surface area contributed by atoms with Gasteiger partial charge in [-0.05, 0) is 31.0 Å². The Morgan fingerprint density at radius 3 is 2.36 bits per heavy atom. The van der Waals surface area contributed by atoms with Gasteiger partial charge in [0, 0.05) is 25.0 Å². The third kappa shape index (κ3) is 4.71. The van der Waals surface area contributed by atoms with E-state index >= 15 is 0 Å². The molecular formula is C16H21ClN2O5S. The SMILES string of the molecule is CC(C)C(=O)N1CCC(NS(=O)(=O)c2ccc(C(=O)O)c(Cl)c2)CC1. The van der Waals surface area contributed by atoms with Gasteiger partial charge in [-0.2, -0.15) is 0 Å². The fourth-order valence-electron chi connectivity index (χ4n) is 2.71. The Balaban J connectivity index is 2.04. The van der Waals surface area contributed by atoms with E-state index in [2.05, 4.69) is 4.72 Å². The molecule has 0 unspecified atom stereocenters. The van der Waals surface area contributed by atoms with Crippen molar-refractivity contribution in [1.82, 2.24) is 9.62 Å². The van der Waals surface area contributed by atoms with Crippen LogP contribution in [-0.2, 0) is 14.8 Å². The quantitative estimate of drug-likeness (QED) is 0.802. The number of benzene rings is 1. The van der Waals surface area contributed by atoms with E-state index in [0.29, 0.717) is 25.9 Å². The van der Waals surface area contributed by atoms with Crippen LogP contribution in [0.1, 0.15) is 37.0 Å². The number of piperidine rings is 1. The Morgan fingerprint density at radius 1 is 1.28 bits per heavy atom. The van der Waals surface area contributed by atoms with Gasteiger partial charge in [-0.3, -0.25) is 4.79 Å². The highest BCUT2D eigenvalue weighted by molar-refractivity contribution is 7.89. The molecule has 0 spiro atoms. The molecule has 1 aromatic rings. The molecule has 0 radical (unpaired) electrons. The molecule has 2 rings (SSSR count). The summed E-state index contributed by atoms with van der Waals surface area (Å²) >= 11 is 5.84. The molecule has 1 amide bonds. The van der Waals surface area contributed by atoms with Crippen LogP contribution >= 0.6 is 11.6 Å². The topological polar surface area (TPSA) is 104 Å². The molecule has 9 heteroatoms. The standard InChI is InChI=1S/C16H21ClN2O5S/c1-10(2)15(20)19-7-5-11(6-8-19)18-25(23,24)12-3-4-13(16(21)22)14(17)9-12/h3-4,9-11,18H,5-8H2,1-2H3,(H,21,22). The van der Waals surface area contributed by atoms with Crippen LogP contribution in [0.25, 0.3) is 0 Å². The monoisotopic (exact) mass is 388 g/mol. The van der Waals surface area contributed by atoms with Crippen LogP contribution in [0.15, 0.2) is 23.1 Å². The maximum atomic E-state index is 12.5. The smallest absolute Gasteiger partial charge is 0.337 e. The van der Waals surface area contributed by atoms with Crippen molar-refractivity contribution in [2.45, 2.75) is 37.6 Å². The molecule has 2 N–H and O–H groups in total. The van der Waals surface area contributed by atoms with Crippen molar-refractivity contribution in [3.8, 4) is 0 Å². The summed E-state index contributed by atoms with van der Waals surface area (Å²) in [6.45, 7) is 4.68. The molecule has 25 heavy (non-hydrogen) atoms. The van der Waals surface area contributed by atoms with Gasteiger partial charge in [0.1, 0.15) is 0 Å². The Morgan fingerprint density at radius 2 is 1.88 bits per heavy atom. The molecule has 1 saturated heterocycles. The lowest BCUT2D eigenvalue weighted by Gasteiger charge is -2.33. The predicted octanol–water partition coefficient (Wildman–Crippen LogP) is 1.96. The molecule has 0 atom stereocenters. The van der Waals surface area contributed by atoms with Gasteiger partial charge < -0.3 is 10.0 Å². The van der Waals surface area contributed by atoms with Crippen LogP contribution in [0.4, 0.5) is 0 Å². The van der Waals surface area contributed by atoms with E-state index in [1.807, 2.05) is 13.8 Å². The minimum absolute atomic E-state index is 0.0670. The van der Waals surface area contributed by atoms with Crippen molar-refractivity contribution < 1.29 is 23.1 Å². The summed E-state index contributed by atoms with van der Waals surface area (Å²) in [7, 11) is -3.81. The number of nitrogens with one attached hydrogen (secondary N) is 1. The largest absolute Gasteiger partial charge is 0.478 e. The molecule has 138 valence electrons. The van der Waals surface area contributed by atoms with Gasteiger partial charge in [-0.25, -0.2) is 17.9 Å². The van der Waals surface area contributed by atoms with Crippen LogP contribution in [0.2, 0.25) is 5.02 Å². The second-order valence-electron chi connectivity index (χ2n) is 6.32. The molecule has 0 aromatic heterocycles. The summed E-state index contributed by atoms with van der Waals surface area (Å²) in [5.41, 5.74) is -0.152. The number of hydrogen-bond acceptors (Lipinski definition) is 4. The van der Waals surface area contributed by atoms with Gasteiger partial charge in [0.2, 0.25) is 15.9 Å². The first kappa shape index (κ1) is 19.7. The third-order valence-electron chi connectivity index (χ3n) is 4.10. The first-order valence-corrected chi connectivity index (χ1v) is 9.82. The average molecular weight is 389 g/mol. The fraction of sp³-hybridized carbons (Fsp3) is 0.500. The zero-order chi connectivity index (χ0) is 18.8. The van der Waals surface area contributed by atoms with Crippen LogP contribution < -0.4 is 4.72 Å². The maximum absolute atomic E-state index is 12.5. The molecular weight excluding hydrogens is 368 g/mol. The van der Waals surface area contributed by atoms with E-state index in [-0.39, 0.29) is 33.3 Å². The Bertz CT molecular complexity index is 771. The number of hydrogen-bond donors (Lipinski definition) is 2. The molecule has 1 heterocycles. The van der Waals surface area contributed by atoms with E-state index in [1.165, 1.54) is 12.1 Å². The highest BCUT2D eigenvalue weighted by atomic mass is 35.5. The number of rotatable bonds is 5. The van der Waals surface area contributed by atoms with Crippen molar-refractivity contribution in [3.63, 3.8) is 0 Å². The number of halogens is 1. The van der Waals surface area contributed by atoms with Gasteiger partial charge in [0.25, 0.3) is 0 Å². The zero-order valence-corrected chi connectivity index (χ0v) is 15.6. The van der Waals surface area contributed by atoms with E-state index in [4.69, 9.17) is 16.7 Å². The minimum Gasteiger partial charge on any atom is -0.478 e. The number of carboxylic acid groups (broad SMARTS) is 1. The molecule has 1 fully saturated rings. The lowest BCUT2D eigenvalue weighted by molar-refractivity contribution is -0.135. The summed E-state index contributed by atoms with van der Waals surface area (Å²) in [5.74, 6) is -1.23. The zero-order valence-electron chi connectivity index (χ0n) is 14.0. The van der Waals surface area contributed by atoms with E-state index in [1.54, 1.807) is 4.90 Å². The van der Waals surface area contributed by atoms with Crippen LogP contribution in [0, 0.1) is 5.92 Å². The molecule has 1 aromatic carbocycles. The van der Waals surface area contributed by atoms with Crippen molar-refractivity contribution in [1.29, 1.82) is 0 Å². The summed E-state index contributed by atoms with van der Waals surface area (Å²) in [6, 6.07) is 3.24. The second-order valence-corrected chi connectivity index (χ2v) is 8.44. The highest BCUT2D eigenvalue weighted by Crippen LogP contribution is 2.22. The summed E-state index contributed by atoms with van der Waals surface area (Å²) in [4.78, 5) is 24.6. The molecule has 1 aliphatic rings. The molecule has 0 bridgehead atoms. The van der Waals surface area contributed by atoms with Gasteiger partial charge >= 0.3 is 5.97 Å². The fourth-order valence-corrected chi connectivity index (χ4v) is 4.36. The first-order valence-electron chi connectivity index (χ1n) is 7.96. The minimum atomic E-state index is -3.81. The van der Waals surface area contributed by atoms with Crippen LogP contribution in [-0.4, -0.2) is 49.4 Å². The van der Waals surface area contributed by atoms with E-state index < -0.39 is 16.0 Å².